The lowest BCUT2D eigenvalue weighted by molar-refractivity contribution is -0.137. The number of carbonyl (C=O) groups is 1. The lowest BCUT2D eigenvalue weighted by atomic mass is 10.1. The molecule has 1 amide bonds. The van der Waals surface area contributed by atoms with Gasteiger partial charge in [0.1, 0.15) is 0 Å². The van der Waals surface area contributed by atoms with Crippen molar-refractivity contribution in [1.29, 1.82) is 0 Å². The molecule has 0 aliphatic rings. The van der Waals surface area contributed by atoms with E-state index in [0.717, 1.165) is 29.2 Å². The Hall–Kier alpha value is -1.91. The summed E-state index contributed by atoms with van der Waals surface area (Å²) in [5.74, 6) is -0.143. The smallest absolute Gasteiger partial charge is 0.296 e. The summed E-state index contributed by atoms with van der Waals surface area (Å²) < 4.78 is 39.6. The van der Waals surface area contributed by atoms with Crippen LogP contribution in [0, 0.1) is 0 Å². The Kier molecular flexibility index (Phi) is 5.40. The Morgan fingerprint density at radius 2 is 1.96 bits per heavy atom. The van der Waals surface area contributed by atoms with Crippen LogP contribution < -0.4 is 5.32 Å². The topological polar surface area (TPSA) is 54.9 Å². The minimum atomic E-state index is -4.60. The number of aromatic nitrogens is 2. The molecule has 0 fully saturated rings. The zero-order valence-corrected chi connectivity index (χ0v) is 14.9. The van der Waals surface area contributed by atoms with E-state index in [1.165, 1.54) is 28.8 Å². The van der Waals surface area contributed by atoms with Crippen molar-refractivity contribution in [2.24, 2.45) is 0 Å². The first-order valence-corrected chi connectivity index (χ1v) is 9.58. The van der Waals surface area contributed by atoms with E-state index in [4.69, 9.17) is 0 Å². The molecule has 4 nitrogen and oxygen atoms in total. The van der Waals surface area contributed by atoms with Gasteiger partial charge in [-0.3, -0.25) is 10.1 Å². The molecular formula is C15H10F3N3OS3. The quantitative estimate of drug-likeness (QED) is 0.474. The zero-order valence-electron chi connectivity index (χ0n) is 12.4. The molecule has 10 heteroatoms. The van der Waals surface area contributed by atoms with E-state index in [1.54, 1.807) is 11.3 Å². The number of halogens is 3. The second kappa shape index (κ2) is 7.54. The second-order valence-electron chi connectivity index (χ2n) is 4.74. The minimum absolute atomic E-state index is 0.163. The van der Waals surface area contributed by atoms with Crippen molar-refractivity contribution in [2.75, 3.05) is 5.32 Å². The van der Waals surface area contributed by atoms with E-state index >= 15 is 0 Å². The second-order valence-corrected chi connectivity index (χ2v) is 7.97. The molecule has 3 aromatic rings. The van der Waals surface area contributed by atoms with Gasteiger partial charge in [0.15, 0.2) is 4.34 Å². The normalized spacial score (nSPS) is 11.5. The highest BCUT2D eigenvalue weighted by molar-refractivity contribution is 8.00. The molecule has 0 aliphatic carbocycles. The molecule has 2 aromatic heterocycles. The number of amides is 1. The van der Waals surface area contributed by atoms with E-state index < -0.39 is 23.2 Å². The predicted molar refractivity (Wildman–Crippen MR) is 93.2 cm³/mol. The minimum Gasteiger partial charge on any atom is -0.296 e. The van der Waals surface area contributed by atoms with E-state index in [0.29, 0.717) is 4.34 Å². The first-order valence-electron chi connectivity index (χ1n) is 6.90. The van der Waals surface area contributed by atoms with Crippen molar-refractivity contribution in [2.45, 2.75) is 16.3 Å². The van der Waals surface area contributed by atoms with Gasteiger partial charge in [-0.05, 0) is 23.6 Å². The van der Waals surface area contributed by atoms with Gasteiger partial charge in [-0.25, -0.2) is 0 Å². The molecule has 0 saturated heterocycles. The molecule has 0 aliphatic heterocycles. The van der Waals surface area contributed by atoms with Gasteiger partial charge in [0.05, 0.1) is 11.1 Å². The van der Waals surface area contributed by atoms with Gasteiger partial charge >= 0.3 is 6.18 Å². The highest BCUT2D eigenvalue weighted by atomic mass is 32.2. The molecule has 0 unspecified atom stereocenters. The summed E-state index contributed by atoms with van der Waals surface area (Å²) in [7, 11) is 0. The molecule has 0 radical (unpaired) electrons. The maximum atomic E-state index is 13.0. The monoisotopic (exact) mass is 401 g/mol. The van der Waals surface area contributed by atoms with Crippen molar-refractivity contribution in [1.82, 2.24) is 10.2 Å². The van der Waals surface area contributed by atoms with E-state index in [2.05, 4.69) is 15.5 Å². The van der Waals surface area contributed by atoms with Crippen LogP contribution in [0.2, 0.25) is 0 Å². The fourth-order valence-corrected chi connectivity index (χ4v) is 4.46. The van der Waals surface area contributed by atoms with Crippen LogP contribution >= 0.6 is 34.4 Å². The predicted octanol–water partition coefficient (Wildman–Crippen LogP) is 5.16. The molecular weight excluding hydrogens is 391 g/mol. The molecule has 2 heterocycles. The Morgan fingerprint density at radius 3 is 2.68 bits per heavy atom. The van der Waals surface area contributed by atoms with E-state index in [9.17, 15) is 18.0 Å². The molecule has 1 aromatic carbocycles. The van der Waals surface area contributed by atoms with Crippen molar-refractivity contribution < 1.29 is 18.0 Å². The number of nitrogens with one attached hydrogen (secondary N) is 1. The van der Waals surface area contributed by atoms with Gasteiger partial charge in [0.25, 0.3) is 5.91 Å². The number of alkyl halides is 3. The molecule has 0 bridgehead atoms. The maximum Gasteiger partial charge on any atom is 0.417 e. The summed E-state index contributed by atoms with van der Waals surface area (Å²) in [6.45, 7) is 0. The molecule has 0 atom stereocenters. The van der Waals surface area contributed by atoms with Gasteiger partial charge in [0.2, 0.25) is 5.13 Å². The molecule has 1 N–H and O–H groups in total. The van der Waals surface area contributed by atoms with Crippen LogP contribution in [0.5, 0.6) is 0 Å². The average Bonchev–Trinajstić information content (AvgIpc) is 3.23. The maximum absolute atomic E-state index is 13.0. The summed E-state index contributed by atoms with van der Waals surface area (Å²) in [6.07, 6.45) is -4.60. The fraction of sp³-hybridized carbons (Fsp3) is 0.133. The number of nitrogens with zero attached hydrogens (tertiary/aromatic N) is 2. The van der Waals surface area contributed by atoms with Crippen LogP contribution in [0.25, 0.3) is 0 Å². The molecule has 0 spiro atoms. The number of hydrogen-bond acceptors (Lipinski definition) is 6. The molecule has 0 saturated carbocycles. The third-order valence-electron chi connectivity index (χ3n) is 3.02. The first kappa shape index (κ1) is 17.9. The van der Waals surface area contributed by atoms with Crippen LogP contribution in [-0.4, -0.2) is 16.1 Å². The third-order valence-corrected chi connectivity index (χ3v) is 6.10. The highest BCUT2D eigenvalue weighted by Gasteiger charge is 2.35. The van der Waals surface area contributed by atoms with Crippen molar-refractivity contribution in [3.63, 3.8) is 0 Å². The number of rotatable bonds is 5. The Labute approximate surface area is 153 Å². The van der Waals surface area contributed by atoms with Gasteiger partial charge in [0, 0.05) is 10.6 Å². The summed E-state index contributed by atoms with van der Waals surface area (Å²) in [5.41, 5.74) is -1.43. The third kappa shape index (κ3) is 4.59. The van der Waals surface area contributed by atoms with Crippen LogP contribution in [0.15, 0.2) is 46.1 Å². The molecule has 130 valence electrons. The van der Waals surface area contributed by atoms with E-state index in [1.807, 2.05) is 17.5 Å². The van der Waals surface area contributed by atoms with Crippen molar-refractivity contribution >= 4 is 45.5 Å². The Morgan fingerprint density at radius 1 is 1.16 bits per heavy atom. The number of hydrogen-bond donors (Lipinski definition) is 1. The van der Waals surface area contributed by atoms with Crippen LogP contribution in [-0.2, 0) is 11.9 Å². The van der Waals surface area contributed by atoms with Crippen LogP contribution in [0.1, 0.15) is 20.8 Å². The summed E-state index contributed by atoms with van der Waals surface area (Å²) >= 11 is 4.20. The van der Waals surface area contributed by atoms with Crippen molar-refractivity contribution in [3.8, 4) is 0 Å². The average molecular weight is 401 g/mol. The Bertz CT molecular complexity index is 862. The largest absolute Gasteiger partial charge is 0.417 e. The number of thioether (sulfide) groups is 1. The summed E-state index contributed by atoms with van der Waals surface area (Å²) in [6, 6.07) is 8.57. The molecule has 25 heavy (non-hydrogen) atoms. The number of thiophene rings is 1. The standard InChI is InChI=1S/C15H10F3N3OS3/c16-15(17,18)11-6-2-1-5-10(11)12(22)19-13-20-21-14(25-13)24-8-9-4-3-7-23-9/h1-7H,8H2,(H,19,20,22). The van der Waals surface area contributed by atoms with Gasteiger partial charge in [-0.2, -0.15) is 13.2 Å². The van der Waals surface area contributed by atoms with Crippen LogP contribution in [0.4, 0.5) is 18.3 Å². The van der Waals surface area contributed by atoms with Gasteiger partial charge in [-0.1, -0.05) is 41.3 Å². The lowest BCUT2D eigenvalue weighted by Gasteiger charge is -2.11. The van der Waals surface area contributed by atoms with Gasteiger partial charge < -0.3 is 0 Å². The zero-order chi connectivity index (χ0) is 17.9. The molecule has 3 rings (SSSR count). The number of anilines is 1. The Balaban J connectivity index is 1.68. The lowest BCUT2D eigenvalue weighted by Crippen LogP contribution is -2.18. The first-order chi connectivity index (χ1) is 11.9. The number of benzene rings is 1. The van der Waals surface area contributed by atoms with Crippen molar-refractivity contribution in [3.05, 3.63) is 57.8 Å². The SMILES string of the molecule is O=C(Nc1nnc(SCc2cccs2)s1)c1ccccc1C(F)(F)F. The highest BCUT2D eigenvalue weighted by Crippen LogP contribution is 2.33. The van der Waals surface area contributed by atoms with Gasteiger partial charge in [-0.15, -0.1) is 21.5 Å². The number of carbonyl (C=O) groups excluding carboxylic acids is 1. The van der Waals surface area contributed by atoms with E-state index in [-0.39, 0.29) is 5.13 Å². The van der Waals surface area contributed by atoms with Crippen LogP contribution in [0.3, 0.4) is 0 Å². The summed E-state index contributed by atoms with van der Waals surface area (Å²) in [5, 5.41) is 12.3. The summed E-state index contributed by atoms with van der Waals surface area (Å²) in [4.78, 5) is 13.3. The fourth-order valence-electron chi connectivity index (χ4n) is 1.94.